The summed E-state index contributed by atoms with van der Waals surface area (Å²) in [6, 6.07) is 14.8. The van der Waals surface area contributed by atoms with Crippen LogP contribution in [0.3, 0.4) is 0 Å². The fraction of sp³-hybridized carbons (Fsp3) is 0.267. The zero-order chi connectivity index (χ0) is 27.0. The SMILES string of the molecule is CCOc1cc(C2c3c(oc4ccc(Cl)cc4c3=O)C(=O)N2c2ccc(F)cc2)ccc1OCCC(C)C. The van der Waals surface area contributed by atoms with Gasteiger partial charge in [-0.3, -0.25) is 14.5 Å². The van der Waals surface area contributed by atoms with Gasteiger partial charge in [-0.05, 0) is 79.4 Å². The van der Waals surface area contributed by atoms with Gasteiger partial charge in [0, 0.05) is 10.7 Å². The van der Waals surface area contributed by atoms with E-state index in [4.69, 9.17) is 25.5 Å². The molecule has 1 aromatic heterocycles. The zero-order valence-corrected chi connectivity index (χ0v) is 22.0. The van der Waals surface area contributed by atoms with Crippen molar-refractivity contribution in [2.24, 2.45) is 5.92 Å². The monoisotopic (exact) mass is 535 g/mol. The van der Waals surface area contributed by atoms with Crippen molar-refractivity contribution in [1.29, 1.82) is 0 Å². The molecule has 1 aliphatic rings. The van der Waals surface area contributed by atoms with Gasteiger partial charge in [-0.2, -0.15) is 0 Å². The predicted octanol–water partition coefficient (Wildman–Crippen LogP) is 7.16. The molecule has 1 unspecified atom stereocenters. The summed E-state index contributed by atoms with van der Waals surface area (Å²) < 4.78 is 31.6. The van der Waals surface area contributed by atoms with Crippen molar-refractivity contribution in [3.63, 3.8) is 0 Å². The first-order chi connectivity index (χ1) is 18.3. The van der Waals surface area contributed by atoms with Crippen LogP contribution in [0, 0.1) is 11.7 Å². The van der Waals surface area contributed by atoms with Crippen LogP contribution in [0.15, 0.2) is 69.9 Å². The van der Waals surface area contributed by atoms with Gasteiger partial charge in [0.15, 0.2) is 16.9 Å². The standard InChI is InChI=1S/C30H27ClFNO5/c1-4-36-25-15-18(5-11-24(25)37-14-13-17(2)3)27-26-28(34)22-16-19(31)6-12-23(22)38-29(26)30(35)33(27)21-9-7-20(32)8-10-21/h5-12,15-17,27H,4,13-14H2,1-3H3. The van der Waals surface area contributed by atoms with Crippen LogP contribution < -0.4 is 19.8 Å². The number of carbonyl (C=O) groups excluding carboxylic acids is 1. The van der Waals surface area contributed by atoms with Crippen molar-refractivity contribution >= 4 is 34.2 Å². The Kier molecular flexibility index (Phi) is 7.13. The highest BCUT2D eigenvalue weighted by molar-refractivity contribution is 6.31. The maximum Gasteiger partial charge on any atom is 0.295 e. The number of hydrogen-bond acceptors (Lipinski definition) is 5. The average Bonchev–Trinajstić information content (AvgIpc) is 3.18. The van der Waals surface area contributed by atoms with Gasteiger partial charge >= 0.3 is 0 Å². The number of anilines is 1. The number of rotatable bonds is 8. The summed E-state index contributed by atoms with van der Waals surface area (Å²) in [5.74, 6) is 0.562. The third-order valence-electron chi connectivity index (χ3n) is 6.47. The van der Waals surface area contributed by atoms with Gasteiger partial charge < -0.3 is 13.9 Å². The first kappa shape index (κ1) is 25.8. The molecular formula is C30H27ClFNO5. The number of benzene rings is 3. The summed E-state index contributed by atoms with van der Waals surface area (Å²) >= 11 is 6.17. The maximum atomic E-state index is 13.8. The molecule has 0 bridgehead atoms. The minimum Gasteiger partial charge on any atom is -0.490 e. The average molecular weight is 536 g/mol. The van der Waals surface area contributed by atoms with Crippen LogP contribution >= 0.6 is 11.6 Å². The molecule has 2 heterocycles. The van der Waals surface area contributed by atoms with E-state index in [1.54, 1.807) is 30.3 Å². The van der Waals surface area contributed by atoms with E-state index in [2.05, 4.69) is 13.8 Å². The second kappa shape index (κ2) is 10.5. The Bertz CT molecular complexity index is 1560. The van der Waals surface area contributed by atoms with E-state index >= 15 is 0 Å². The lowest BCUT2D eigenvalue weighted by atomic mass is 9.97. The molecule has 6 nitrogen and oxygen atoms in total. The number of amides is 1. The Morgan fingerprint density at radius 1 is 1.00 bits per heavy atom. The third-order valence-corrected chi connectivity index (χ3v) is 6.71. The predicted molar refractivity (Wildman–Crippen MR) is 145 cm³/mol. The largest absolute Gasteiger partial charge is 0.490 e. The van der Waals surface area contributed by atoms with E-state index < -0.39 is 17.8 Å². The van der Waals surface area contributed by atoms with Crippen LogP contribution in [0.1, 0.15) is 54.9 Å². The fourth-order valence-corrected chi connectivity index (χ4v) is 4.79. The van der Waals surface area contributed by atoms with E-state index in [-0.39, 0.29) is 27.7 Å². The van der Waals surface area contributed by atoms with Gasteiger partial charge in [-0.25, -0.2) is 4.39 Å². The molecule has 0 N–H and O–H groups in total. The molecule has 0 spiro atoms. The van der Waals surface area contributed by atoms with Crippen LogP contribution in [0.25, 0.3) is 11.0 Å². The molecule has 8 heteroatoms. The van der Waals surface area contributed by atoms with Crippen LogP contribution in [0.4, 0.5) is 10.1 Å². The van der Waals surface area contributed by atoms with E-state index in [9.17, 15) is 14.0 Å². The van der Waals surface area contributed by atoms with E-state index in [0.717, 1.165) is 6.42 Å². The Hall–Kier alpha value is -3.84. The summed E-state index contributed by atoms with van der Waals surface area (Å²) in [7, 11) is 0. The number of hydrogen-bond donors (Lipinski definition) is 0. The molecule has 0 aliphatic carbocycles. The van der Waals surface area contributed by atoms with Crippen LogP contribution in [0.5, 0.6) is 11.5 Å². The van der Waals surface area contributed by atoms with Gasteiger partial charge in [-0.1, -0.05) is 31.5 Å². The van der Waals surface area contributed by atoms with E-state index in [1.807, 2.05) is 6.92 Å². The second-order valence-corrected chi connectivity index (χ2v) is 9.98. The van der Waals surface area contributed by atoms with Gasteiger partial charge in [-0.15, -0.1) is 0 Å². The van der Waals surface area contributed by atoms with Crippen molar-refractivity contribution in [3.8, 4) is 11.5 Å². The maximum absolute atomic E-state index is 13.8. The second-order valence-electron chi connectivity index (χ2n) is 9.54. The number of halogens is 2. The number of fused-ring (bicyclic) bond motifs is 2. The smallest absolute Gasteiger partial charge is 0.295 e. The van der Waals surface area contributed by atoms with E-state index in [1.165, 1.54) is 35.2 Å². The van der Waals surface area contributed by atoms with Crippen molar-refractivity contribution in [2.45, 2.75) is 33.2 Å². The molecule has 0 radical (unpaired) electrons. The summed E-state index contributed by atoms with van der Waals surface area (Å²) in [5, 5.41) is 0.649. The van der Waals surface area contributed by atoms with Crippen molar-refractivity contribution < 1.29 is 23.1 Å². The number of carbonyl (C=O) groups is 1. The van der Waals surface area contributed by atoms with Crippen LogP contribution in [-0.2, 0) is 0 Å². The Morgan fingerprint density at radius 3 is 2.47 bits per heavy atom. The Labute approximate surface area is 224 Å². The first-order valence-electron chi connectivity index (χ1n) is 12.5. The van der Waals surface area contributed by atoms with Gasteiger partial charge in [0.25, 0.3) is 5.91 Å². The van der Waals surface area contributed by atoms with E-state index in [0.29, 0.717) is 46.9 Å². The summed E-state index contributed by atoms with van der Waals surface area (Å²) in [5.41, 5.74) is 1.13. The highest BCUT2D eigenvalue weighted by atomic mass is 35.5. The van der Waals surface area contributed by atoms with Crippen molar-refractivity contribution in [3.05, 3.63) is 98.6 Å². The topological polar surface area (TPSA) is 69.0 Å². The Balaban J connectivity index is 1.69. The number of ether oxygens (including phenoxy) is 2. The molecule has 1 amide bonds. The zero-order valence-electron chi connectivity index (χ0n) is 21.3. The quantitative estimate of drug-likeness (QED) is 0.239. The number of nitrogens with zero attached hydrogens (tertiary/aromatic N) is 1. The third kappa shape index (κ3) is 4.74. The van der Waals surface area contributed by atoms with Crippen molar-refractivity contribution in [1.82, 2.24) is 0 Å². The molecule has 4 aromatic rings. The van der Waals surface area contributed by atoms with Crippen molar-refractivity contribution in [2.75, 3.05) is 18.1 Å². The molecule has 1 aliphatic heterocycles. The van der Waals surface area contributed by atoms with Crippen LogP contribution in [-0.4, -0.2) is 19.1 Å². The molecule has 0 saturated heterocycles. The molecule has 196 valence electrons. The summed E-state index contributed by atoms with van der Waals surface area (Å²) in [6.45, 7) is 7.04. The van der Waals surface area contributed by atoms with Gasteiger partial charge in [0.1, 0.15) is 11.4 Å². The van der Waals surface area contributed by atoms with Gasteiger partial charge in [0.05, 0.1) is 30.2 Å². The first-order valence-corrected chi connectivity index (χ1v) is 12.9. The molecule has 3 aromatic carbocycles. The lowest BCUT2D eigenvalue weighted by Gasteiger charge is -2.26. The minimum absolute atomic E-state index is 0.0608. The normalized spacial score (nSPS) is 14.8. The van der Waals surface area contributed by atoms with Crippen LogP contribution in [0.2, 0.25) is 5.02 Å². The minimum atomic E-state index is -0.841. The fourth-order valence-electron chi connectivity index (χ4n) is 4.62. The Morgan fingerprint density at radius 2 is 1.76 bits per heavy atom. The molecule has 38 heavy (non-hydrogen) atoms. The lowest BCUT2D eigenvalue weighted by Crippen LogP contribution is -2.29. The molecular weight excluding hydrogens is 509 g/mol. The summed E-state index contributed by atoms with van der Waals surface area (Å²) in [4.78, 5) is 29.0. The lowest BCUT2D eigenvalue weighted by molar-refractivity contribution is 0.0971. The summed E-state index contributed by atoms with van der Waals surface area (Å²) in [6.07, 6.45) is 0.882. The molecule has 0 saturated carbocycles. The van der Waals surface area contributed by atoms with Gasteiger partial charge in [0.2, 0.25) is 5.76 Å². The highest BCUT2D eigenvalue weighted by Gasteiger charge is 2.44. The molecule has 1 atom stereocenters. The molecule has 5 rings (SSSR count). The molecule has 0 fully saturated rings. The highest BCUT2D eigenvalue weighted by Crippen LogP contribution is 2.43.